The molecule has 2 fully saturated rings. The Morgan fingerprint density at radius 2 is 1.62 bits per heavy atom. The number of H-pyrrole nitrogens is 1. The minimum absolute atomic E-state index is 0.261. The average molecular weight is 449 g/mol. The predicted molar refractivity (Wildman–Crippen MR) is 122 cm³/mol. The molecule has 3 heterocycles. The Kier molecular flexibility index (Phi) is 4.88. The molecule has 0 spiro atoms. The highest BCUT2D eigenvalue weighted by atomic mass is 35.5. The second-order valence-electron chi connectivity index (χ2n) is 8.15. The van der Waals surface area contributed by atoms with Gasteiger partial charge in [-0.2, -0.15) is 4.98 Å². The highest BCUT2D eigenvalue weighted by molar-refractivity contribution is 6.34. The van der Waals surface area contributed by atoms with Gasteiger partial charge in [0.1, 0.15) is 18.3 Å². The summed E-state index contributed by atoms with van der Waals surface area (Å²) in [7, 11) is 0. The minimum atomic E-state index is -0.612. The molecule has 0 bridgehead atoms. The van der Waals surface area contributed by atoms with Gasteiger partial charge in [0.15, 0.2) is 6.10 Å². The lowest BCUT2D eigenvalue weighted by Gasteiger charge is -2.15. The number of aromatic amines is 1. The Morgan fingerprint density at radius 1 is 0.906 bits per heavy atom. The highest BCUT2D eigenvalue weighted by Gasteiger charge is 2.48. The third kappa shape index (κ3) is 3.45. The van der Waals surface area contributed by atoms with Gasteiger partial charge in [-0.1, -0.05) is 66.2 Å². The molecule has 6 rings (SSSR count). The average Bonchev–Trinajstić information content (AvgIpc) is 3.51. The number of hydrogen-bond donors (Lipinski definition) is 2. The lowest BCUT2D eigenvalue weighted by Crippen LogP contribution is -2.34. The number of imidazole rings is 1. The molecule has 2 aliphatic rings. The fourth-order valence-corrected chi connectivity index (χ4v) is 4.72. The normalized spacial score (nSPS) is 24.7. The van der Waals surface area contributed by atoms with E-state index in [1.807, 2.05) is 30.3 Å². The molecule has 32 heavy (non-hydrogen) atoms. The number of aliphatic hydroxyl groups excluding tert-OH is 1. The van der Waals surface area contributed by atoms with E-state index in [1.54, 1.807) is 0 Å². The zero-order valence-corrected chi connectivity index (χ0v) is 17.8. The Hall–Kier alpha value is -2.90. The molecule has 7 heteroatoms. The van der Waals surface area contributed by atoms with Crippen LogP contribution in [0.25, 0.3) is 33.3 Å². The maximum absolute atomic E-state index is 9.91. The maximum Gasteiger partial charge on any atom is 0.295 e. The van der Waals surface area contributed by atoms with E-state index in [-0.39, 0.29) is 24.9 Å². The summed E-state index contributed by atoms with van der Waals surface area (Å²) in [6.45, 7) is 0.612. The summed E-state index contributed by atoms with van der Waals surface area (Å²) in [6.07, 6.45) is -1.57. The van der Waals surface area contributed by atoms with Gasteiger partial charge < -0.3 is 24.3 Å². The van der Waals surface area contributed by atoms with Gasteiger partial charge in [-0.3, -0.25) is 0 Å². The van der Waals surface area contributed by atoms with E-state index in [0.717, 1.165) is 27.7 Å². The van der Waals surface area contributed by atoms with Crippen molar-refractivity contribution in [2.24, 2.45) is 0 Å². The SMILES string of the molecule is O[C@@H]1COC2C1OC[C@H]2Oc1nc2cc(-c3ccc(-c4ccccc4)cc3)c(Cl)cc2[nH]1. The van der Waals surface area contributed by atoms with E-state index < -0.39 is 6.10 Å². The highest BCUT2D eigenvalue weighted by Crippen LogP contribution is 2.34. The van der Waals surface area contributed by atoms with E-state index in [0.29, 0.717) is 17.6 Å². The topological polar surface area (TPSA) is 76.6 Å². The van der Waals surface area contributed by atoms with Crippen LogP contribution in [0, 0.1) is 0 Å². The van der Waals surface area contributed by atoms with Gasteiger partial charge in [0.25, 0.3) is 6.01 Å². The third-order valence-corrected chi connectivity index (χ3v) is 6.41. The molecule has 2 N–H and O–H groups in total. The van der Waals surface area contributed by atoms with E-state index in [9.17, 15) is 5.11 Å². The van der Waals surface area contributed by atoms with Crippen LogP contribution in [0.2, 0.25) is 5.02 Å². The first-order valence-electron chi connectivity index (χ1n) is 10.6. The van der Waals surface area contributed by atoms with Crippen LogP contribution >= 0.6 is 11.6 Å². The molecular formula is C25H21ClN2O4. The van der Waals surface area contributed by atoms with Gasteiger partial charge in [-0.25, -0.2) is 0 Å². The van der Waals surface area contributed by atoms with Crippen molar-refractivity contribution in [3.63, 3.8) is 0 Å². The molecule has 2 saturated heterocycles. The molecule has 1 aromatic heterocycles. The first-order chi connectivity index (χ1) is 15.7. The second-order valence-corrected chi connectivity index (χ2v) is 8.56. The Labute approximate surface area is 189 Å². The maximum atomic E-state index is 9.91. The second kappa shape index (κ2) is 7.90. The van der Waals surface area contributed by atoms with E-state index in [2.05, 4.69) is 46.4 Å². The third-order valence-electron chi connectivity index (χ3n) is 6.10. The monoisotopic (exact) mass is 448 g/mol. The fraction of sp³-hybridized carbons (Fsp3) is 0.240. The van der Waals surface area contributed by atoms with E-state index in [1.165, 1.54) is 5.56 Å². The number of aromatic nitrogens is 2. The van der Waals surface area contributed by atoms with Gasteiger partial charge in [0.05, 0.1) is 29.3 Å². The number of ether oxygens (including phenoxy) is 3. The quantitative estimate of drug-likeness (QED) is 0.482. The van der Waals surface area contributed by atoms with E-state index >= 15 is 0 Å². The van der Waals surface area contributed by atoms with Crippen LogP contribution in [0.4, 0.5) is 0 Å². The number of benzene rings is 3. The van der Waals surface area contributed by atoms with Crippen LogP contribution < -0.4 is 4.74 Å². The molecule has 0 radical (unpaired) electrons. The predicted octanol–water partition coefficient (Wildman–Crippen LogP) is 4.46. The molecule has 6 nitrogen and oxygen atoms in total. The molecule has 2 unspecified atom stereocenters. The molecule has 4 atom stereocenters. The van der Waals surface area contributed by atoms with Crippen molar-refractivity contribution >= 4 is 22.6 Å². The van der Waals surface area contributed by atoms with Gasteiger partial charge >= 0.3 is 0 Å². The van der Waals surface area contributed by atoms with Crippen molar-refractivity contribution in [1.82, 2.24) is 9.97 Å². The molecule has 4 aromatic rings. The number of nitrogens with zero attached hydrogens (tertiary/aromatic N) is 1. The largest absolute Gasteiger partial charge is 0.456 e. The number of halogens is 1. The summed E-state index contributed by atoms with van der Waals surface area (Å²) < 4.78 is 17.2. The van der Waals surface area contributed by atoms with Crippen LogP contribution in [0.1, 0.15) is 0 Å². The molecule has 162 valence electrons. The van der Waals surface area contributed by atoms with Crippen molar-refractivity contribution in [3.05, 3.63) is 71.8 Å². The summed E-state index contributed by atoms with van der Waals surface area (Å²) >= 11 is 6.61. The van der Waals surface area contributed by atoms with Crippen molar-refractivity contribution in [2.75, 3.05) is 13.2 Å². The lowest BCUT2D eigenvalue weighted by atomic mass is 10.00. The van der Waals surface area contributed by atoms with E-state index in [4.69, 9.17) is 25.8 Å². The van der Waals surface area contributed by atoms with Crippen LogP contribution in [0.3, 0.4) is 0 Å². The Balaban J connectivity index is 1.26. The molecule has 0 amide bonds. The van der Waals surface area contributed by atoms with Gasteiger partial charge in [-0.05, 0) is 28.8 Å². The zero-order chi connectivity index (χ0) is 21.7. The number of hydrogen-bond acceptors (Lipinski definition) is 5. The van der Waals surface area contributed by atoms with Crippen LogP contribution in [-0.2, 0) is 9.47 Å². The van der Waals surface area contributed by atoms with Crippen molar-refractivity contribution in [3.8, 4) is 28.3 Å². The Bertz CT molecular complexity index is 1260. The smallest absolute Gasteiger partial charge is 0.295 e. The molecule has 0 aliphatic carbocycles. The number of fused-ring (bicyclic) bond motifs is 2. The minimum Gasteiger partial charge on any atom is -0.456 e. The standard InChI is InChI=1S/C25H21ClN2O4/c26-18-11-20-19(27-25(28-20)32-22-13-31-23-21(29)12-30-24(22)23)10-17(18)16-8-6-15(7-9-16)14-4-2-1-3-5-14/h1-11,21-24,29H,12-13H2,(H,27,28)/t21-,22-,23?,24?/m1/s1. The number of nitrogens with one attached hydrogen (secondary N) is 1. The van der Waals surface area contributed by atoms with Gasteiger partial charge in [-0.15, -0.1) is 0 Å². The zero-order valence-electron chi connectivity index (χ0n) is 17.1. The van der Waals surface area contributed by atoms with Gasteiger partial charge in [0, 0.05) is 5.56 Å². The van der Waals surface area contributed by atoms with Gasteiger partial charge in [0.2, 0.25) is 0 Å². The first-order valence-corrected chi connectivity index (χ1v) is 11.0. The number of aliphatic hydroxyl groups is 1. The fourth-order valence-electron chi connectivity index (χ4n) is 4.45. The van der Waals surface area contributed by atoms with Crippen molar-refractivity contribution < 1.29 is 19.3 Å². The van der Waals surface area contributed by atoms with Crippen molar-refractivity contribution in [2.45, 2.75) is 24.4 Å². The van der Waals surface area contributed by atoms with Crippen LogP contribution in [-0.4, -0.2) is 52.7 Å². The van der Waals surface area contributed by atoms with Crippen LogP contribution in [0.5, 0.6) is 6.01 Å². The molecular weight excluding hydrogens is 428 g/mol. The summed E-state index contributed by atoms with van der Waals surface area (Å²) in [5, 5.41) is 10.5. The number of rotatable bonds is 4. The molecule has 0 saturated carbocycles. The van der Waals surface area contributed by atoms with Crippen LogP contribution in [0.15, 0.2) is 66.7 Å². The molecule has 3 aromatic carbocycles. The molecule has 2 aliphatic heterocycles. The first kappa shape index (κ1) is 19.8. The summed E-state index contributed by atoms with van der Waals surface area (Å²) in [5.74, 6) is 0. The Morgan fingerprint density at radius 3 is 2.44 bits per heavy atom. The summed E-state index contributed by atoms with van der Waals surface area (Å²) in [4.78, 5) is 7.76. The summed E-state index contributed by atoms with van der Waals surface area (Å²) in [5.41, 5.74) is 5.79. The lowest BCUT2D eigenvalue weighted by molar-refractivity contribution is 0.00706. The van der Waals surface area contributed by atoms with Crippen molar-refractivity contribution in [1.29, 1.82) is 0 Å². The summed E-state index contributed by atoms with van der Waals surface area (Å²) in [6, 6.07) is 22.8.